The van der Waals surface area contributed by atoms with Crippen LogP contribution in [0.1, 0.15) is 18.4 Å². The number of rotatable bonds is 4. The number of nitrogens with one attached hydrogen (secondary N) is 1. The van der Waals surface area contributed by atoms with Crippen LogP contribution in [-0.2, 0) is 11.3 Å². The summed E-state index contributed by atoms with van der Waals surface area (Å²) in [6.45, 7) is 0.576. The summed E-state index contributed by atoms with van der Waals surface area (Å²) in [5.74, 6) is -0.154. The Morgan fingerprint density at radius 3 is 2.94 bits per heavy atom. The number of hydrogen-bond acceptors (Lipinski definition) is 2. The third-order valence-corrected chi connectivity index (χ3v) is 3.51. The molecule has 0 radical (unpaired) electrons. The molecule has 4 heteroatoms. The number of ether oxygens (including phenoxy) is 1. The van der Waals surface area contributed by atoms with Crippen molar-refractivity contribution in [3.63, 3.8) is 0 Å². The molecule has 2 nitrogen and oxygen atoms in total. The lowest BCUT2D eigenvalue weighted by Crippen LogP contribution is -2.44. The highest BCUT2D eigenvalue weighted by Gasteiger charge is 2.28. The van der Waals surface area contributed by atoms with Crippen LogP contribution in [0, 0.1) is 5.82 Å². The minimum absolute atomic E-state index is 0.154. The van der Waals surface area contributed by atoms with E-state index in [1.165, 1.54) is 6.07 Å². The summed E-state index contributed by atoms with van der Waals surface area (Å²) in [5.41, 5.74) is 0.704. The van der Waals surface area contributed by atoms with E-state index in [0.717, 1.165) is 17.3 Å². The summed E-state index contributed by atoms with van der Waals surface area (Å²) < 4.78 is 19.5. The van der Waals surface area contributed by atoms with Crippen LogP contribution in [0.25, 0.3) is 0 Å². The number of methoxy groups -OCH3 is 1. The minimum Gasteiger partial charge on any atom is -0.381 e. The van der Waals surface area contributed by atoms with E-state index in [0.29, 0.717) is 24.3 Å². The van der Waals surface area contributed by atoms with Gasteiger partial charge in [0, 0.05) is 29.7 Å². The van der Waals surface area contributed by atoms with Crippen molar-refractivity contribution in [3.8, 4) is 0 Å². The Labute approximate surface area is 103 Å². The molecule has 1 aromatic rings. The number of hydrogen-bond donors (Lipinski definition) is 1. The van der Waals surface area contributed by atoms with E-state index in [4.69, 9.17) is 4.74 Å². The molecule has 1 aliphatic rings. The maximum absolute atomic E-state index is 13.4. The van der Waals surface area contributed by atoms with Gasteiger partial charge in [-0.2, -0.15) is 0 Å². The van der Waals surface area contributed by atoms with Crippen molar-refractivity contribution < 1.29 is 9.13 Å². The van der Waals surface area contributed by atoms with Crippen molar-refractivity contribution in [2.75, 3.05) is 7.11 Å². The first-order valence-electron chi connectivity index (χ1n) is 5.39. The van der Waals surface area contributed by atoms with Gasteiger partial charge in [0.05, 0.1) is 6.10 Å². The molecule has 0 bridgehead atoms. The zero-order chi connectivity index (χ0) is 11.5. The number of benzene rings is 1. The average molecular weight is 288 g/mol. The Morgan fingerprint density at radius 1 is 1.50 bits per heavy atom. The lowest BCUT2D eigenvalue weighted by molar-refractivity contribution is 0.0169. The quantitative estimate of drug-likeness (QED) is 0.920. The lowest BCUT2D eigenvalue weighted by atomic mass is 9.89. The highest BCUT2D eigenvalue weighted by Crippen LogP contribution is 2.23. The predicted molar refractivity (Wildman–Crippen MR) is 64.8 cm³/mol. The van der Waals surface area contributed by atoms with Crippen molar-refractivity contribution in [1.29, 1.82) is 0 Å². The molecule has 1 fully saturated rings. The minimum atomic E-state index is -0.154. The zero-order valence-corrected chi connectivity index (χ0v) is 10.8. The third-order valence-electron chi connectivity index (χ3n) is 3.02. The fourth-order valence-electron chi connectivity index (χ4n) is 1.86. The molecule has 1 aromatic carbocycles. The molecule has 0 saturated heterocycles. The maximum Gasteiger partial charge on any atom is 0.127 e. The molecule has 88 valence electrons. The van der Waals surface area contributed by atoms with E-state index < -0.39 is 0 Å². The predicted octanol–water partition coefficient (Wildman–Crippen LogP) is 2.86. The van der Waals surface area contributed by atoms with Crippen LogP contribution in [-0.4, -0.2) is 19.3 Å². The van der Waals surface area contributed by atoms with Gasteiger partial charge in [0.2, 0.25) is 0 Å². The van der Waals surface area contributed by atoms with Gasteiger partial charge in [0.1, 0.15) is 5.82 Å². The monoisotopic (exact) mass is 287 g/mol. The zero-order valence-electron chi connectivity index (χ0n) is 9.17. The summed E-state index contributed by atoms with van der Waals surface area (Å²) >= 11 is 3.34. The first-order valence-corrected chi connectivity index (χ1v) is 6.18. The van der Waals surface area contributed by atoms with E-state index in [9.17, 15) is 4.39 Å². The second kappa shape index (κ2) is 5.25. The molecule has 0 atom stereocenters. The van der Waals surface area contributed by atoms with Crippen molar-refractivity contribution in [2.24, 2.45) is 0 Å². The molecular formula is C12H15BrFNO. The highest BCUT2D eigenvalue weighted by molar-refractivity contribution is 9.10. The van der Waals surface area contributed by atoms with Gasteiger partial charge in [-0.25, -0.2) is 4.39 Å². The number of halogens is 2. The summed E-state index contributed by atoms with van der Waals surface area (Å²) in [6, 6.07) is 5.47. The van der Waals surface area contributed by atoms with Gasteiger partial charge in [-0.3, -0.25) is 0 Å². The van der Waals surface area contributed by atoms with Crippen molar-refractivity contribution in [1.82, 2.24) is 5.32 Å². The molecule has 2 rings (SSSR count). The summed E-state index contributed by atoms with van der Waals surface area (Å²) in [7, 11) is 1.73. The van der Waals surface area contributed by atoms with E-state index in [1.807, 2.05) is 6.07 Å². The van der Waals surface area contributed by atoms with Crippen LogP contribution in [0.15, 0.2) is 22.7 Å². The normalized spacial score (nSPS) is 24.2. The first-order chi connectivity index (χ1) is 7.69. The molecule has 0 aliphatic heterocycles. The average Bonchev–Trinajstić information content (AvgIpc) is 2.21. The van der Waals surface area contributed by atoms with Crippen molar-refractivity contribution in [2.45, 2.75) is 31.5 Å². The molecular weight excluding hydrogens is 273 g/mol. The maximum atomic E-state index is 13.4. The Kier molecular flexibility index (Phi) is 3.95. The van der Waals surface area contributed by atoms with Crippen LogP contribution in [0.2, 0.25) is 0 Å². The molecule has 1 aliphatic carbocycles. The fraction of sp³-hybridized carbons (Fsp3) is 0.500. The van der Waals surface area contributed by atoms with Crippen LogP contribution >= 0.6 is 15.9 Å². The fourth-order valence-corrected chi connectivity index (χ4v) is 2.27. The van der Waals surface area contributed by atoms with Gasteiger partial charge in [-0.1, -0.05) is 15.9 Å². The van der Waals surface area contributed by atoms with Gasteiger partial charge in [-0.15, -0.1) is 0 Å². The van der Waals surface area contributed by atoms with Gasteiger partial charge in [0.15, 0.2) is 0 Å². The van der Waals surface area contributed by atoms with Gasteiger partial charge < -0.3 is 10.1 Å². The van der Waals surface area contributed by atoms with Crippen LogP contribution < -0.4 is 5.32 Å². The van der Waals surface area contributed by atoms with Crippen molar-refractivity contribution in [3.05, 3.63) is 34.1 Å². The van der Waals surface area contributed by atoms with Crippen molar-refractivity contribution >= 4 is 15.9 Å². The first kappa shape index (κ1) is 12.0. The van der Waals surface area contributed by atoms with Crippen LogP contribution in [0.4, 0.5) is 4.39 Å². The summed E-state index contributed by atoms with van der Waals surface area (Å²) in [6.07, 6.45) is 2.42. The van der Waals surface area contributed by atoms with Gasteiger partial charge in [0.25, 0.3) is 0 Å². The molecule has 16 heavy (non-hydrogen) atoms. The van der Waals surface area contributed by atoms with E-state index in [1.54, 1.807) is 13.2 Å². The molecule has 0 unspecified atom stereocenters. The molecule has 0 spiro atoms. The van der Waals surface area contributed by atoms with Crippen LogP contribution in [0.5, 0.6) is 0 Å². The summed E-state index contributed by atoms with van der Waals surface area (Å²) in [5, 5.41) is 3.33. The molecule has 0 heterocycles. The molecule has 0 aromatic heterocycles. The van der Waals surface area contributed by atoms with Gasteiger partial charge >= 0.3 is 0 Å². The van der Waals surface area contributed by atoms with E-state index in [-0.39, 0.29) is 5.82 Å². The highest BCUT2D eigenvalue weighted by atomic mass is 79.9. The third kappa shape index (κ3) is 2.81. The Balaban J connectivity index is 1.83. The largest absolute Gasteiger partial charge is 0.381 e. The molecule has 0 amide bonds. The van der Waals surface area contributed by atoms with Gasteiger partial charge in [-0.05, 0) is 31.0 Å². The molecule has 1 N–H and O–H groups in total. The van der Waals surface area contributed by atoms with Crippen LogP contribution in [0.3, 0.4) is 0 Å². The summed E-state index contributed by atoms with van der Waals surface area (Å²) in [4.78, 5) is 0. The SMILES string of the molecule is COC1CC(NCc2cc(Br)ccc2F)C1. The Hall–Kier alpha value is -0.450. The standard InChI is InChI=1S/C12H15BrFNO/c1-16-11-5-10(6-11)15-7-8-4-9(13)2-3-12(8)14/h2-4,10-11,15H,5-7H2,1H3. The Morgan fingerprint density at radius 2 is 2.25 bits per heavy atom. The topological polar surface area (TPSA) is 21.3 Å². The van der Waals surface area contributed by atoms with E-state index >= 15 is 0 Å². The second-order valence-corrected chi connectivity index (χ2v) is 5.06. The lowest BCUT2D eigenvalue weighted by Gasteiger charge is -2.34. The molecule has 1 saturated carbocycles. The van der Waals surface area contributed by atoms with E-state index in [2.05, 4.69) is 21.2 Å². The smallest absolute Gasteiger partial charge is 0.127 e. The Bertz CT molecular complexity index is 366. The second-order valence-electron chi connectivity index (χ2n) is 4.14.